The average molecular weight is 263 g/mol. The smallest absolute Gasteiger partial charge is 0.236 e. The molecule has 18 heavy (non-hydrogen) atoms. The van der Waals surface area contributed by atoms with Gasteiger partial charge in [0.25, 0.3) is 0 Å². The molecule has 0 atom stereocenters. The van der Waals surface area contributed by atoms with Crippen LogP contribution in [0.25, 0.3) is 0 Å². The molecule has 0 aliphatic carbocycles. The highest BCUT2D eigenvalue weighted by Gasteiger charge is 2.06. The van der Waals surface area contributed by atoms with Crippen molar-refractivity contribution in [1.29, 1.82) is 0 Å². The number of hydrogen-bond donors (Lipinski definition) is 0. The summed E-state index contributed by atoms with van der Waals surface area (Å²) in [6.45, 7) is 4.18. The van der Waals surface area contributed by atoms with Gasteiger partial charge in [-0.15, -0.1) is 11.8 Å². The standard InChI is InChI=1S/C13H17N3OS/c1-3-5-12-15-13(17-16-12)9-18-8-11-10(2)6-4-7-14-11/h4,6-7H,3,5,8-9H2,1-2H3. The van der Waals surface area contributed by atoms with Gasteiger partial charge < -0.3 is 4.52 Å². The molecule has 0 aliphatic heterocycles. The molecule has 0 saturated heterocycles. The number of aryl methyl sites for hydroxylation is 2. The van der Waals surface area contributed by atoms with Gasteiger partial charge in [0, 0.05) is 18.4 Å². The minimum Gasteiger partial charge on any atom is -0.338 e. The molecule has 0 aliphatic rings. The van der Waals surface area contributed by atoms with E-state index in [0.717, 1.165) is 35.9 Å². The van der Waals surface area contributed by atoms with E-state index >= 15 is 0 Å². The summed E-state index contributed by atoms with van der Waals surface area (Å²) in [7, 11) is 0. The Kier molecular flexibility index (Phi) is 4.75. The van der Waals surface area contributed by atoms with E-state index in [1.54, 1.807) is 11.8 Å². The molecule has 2 rings (SSSR count). The molecule has 0 aromatic carbocycles. The van der Waals surface area contributed by atoms with E-state index in [0.29, 0.717) is 5.89 Å². The Morgan fingerprint density at radius 2 is 2.22 bits per heavy atom. The third-order valence-corrected chi connectivity index (χ3v) is 3.49. The second kappa shape index (κ2) is 6.54. The summed E-state index contributed by atoms with van der Waals surface area (Å²) in [5.41, 5.74) is 2.35. The van der Waals surface area contributed by atoms with Crippen LogP contribution in [-0.2, 0) is 17.9 Å². The van der Waals surface area contributed by atoms with Crippen molar-refractivity contribution in [3.05, 3.63) is 41.3 Å². The van der Waals surface area contributed by atoms with Crippen LogP contribution in [0.2, 0.25) is 0 Å². The number of aromatic nitrogens is 3. The van der Waals surface area contributed by atoms with E-state index < -0.39 is 0 Å². The highest BCUT2D eigenvalue weighted by Crippen LogP contribution is 2.17. The van der Waals surface area contributed by atoms with Crippen LogP contribution in [0, 0.1) is 6.92 Å². The van der Waals surface area contributed by atoms with Gasteiger partial charge in [0.2, 0.25) is 5.89 Å². The first-order valence-corrected chi connectivity index (χ1v) is 7.24. The minimum atomic E-state index is 0.706. The zero-order valence-electron chi connectivity index (χ0n) is 10.7. The van der Waals surface area contributed by atoms with E-state index in [1.807, 2.05) is 12.3 Å². The number of nitrogens with zero attached hydrogens (tertiary/aromatic N) is 3. The largest absolute Gasteiger partial charge is 0.338 e. The molecule has 2 aromatic heterocycles. The third-order valence-electron chi connectivity index (χ3n) is 2.57. The van der Waals surface area contributed by atoms with E-state index in [-0.39, 0.29) is 0 Å². The molecule has 0 N–H and O–H groups in total. The van der Waals surface area contributed by atoms with Crippen molar-refractivity contribution in [1.82, 2.24) is 15.1 Å². The van der Waals surface area contributed by atoms with E-state index in [9.17, 15) is 0 Å². The first-order valence-electron chi connectivity index (χ1n) is 6.09. The van der Waals surface area contributed by atoms with Gasteiger partial charge in [-0.05, 0) is 25.0 Å². The lowest BCUT2D eigenvalue weighted by Gasteiger charge is -2.02. The van der Waals surface area contributed by atoms with Crippen LogP contribution in [0.5, 0.6) is 0 Å². The van der Waals surface area contributed by atoms with Crippen LogP contribution in [0.15, 0.2) is 22.9 Å². The lowest BCUT2D eigenvalue weighted by Crippen LogP contribution is -1.91. The molecule has 0 spiro atoms. The van der Waals surface area contributed by atoms with Crippen molar-refractivity contribution < 1.29 is 4.52 Å². The summed E-state index contributed by atoms with van der Waals surface area (Å²) in [4.78, 5) is 8.69. The van der Waals surface area contributed by atoms with Gasteiger partial charge in [-0.1, -0.05) is 18.1 Å². The van der Waals surface area contributed by atoms with Crippen LogP contribution in [-0.4, -0.2) is 15.1 Å². The van der Waals surface area contributed by atoms with Gasteiger partial charge >= 0.3 is 0 Å². The Labute approximate surface area is 111 Å². The van der Waals surface area contributed by atoms with Gasteiger partial charge in [0.05, 0.1) is 11.4 Å². The Morgan fingerprint density at radius 3 is 3.00 bits per heavy atom. The van der Waals surface area contributed by atoms with Crippen molar-refractivity contribution >= 4 is 11.8 Å². The van der Waals surface area contributed by atoms with Gasteiger partial charge in [-0.3, -0.25) is 4.98 Å². The van der Waals surface area contributed by atoms with E-state index in [4.69, 9.17) is 4.52 Å². The maximum Gasteiger partial charge on any atom is 0.236 e. The van der Waals surface area contributed by atoms with Crippen molar-refractivity contribution in [3.63, 3.8) is 0 Å². The fraction of sp³-hybridized carbons (Fsp3) is 0.462. The molecule has 0 unspecified atom stereocenters. The highest BCUT2D eigenvalue weighted by atomic mass is 32.2. The third kappa shape index (κ3) is 3.57. The van der Waals surface area contributed by atoms with Gasteiger partial charge in [0.15, 0.2) is 5.82 Å². The quantitative estimate of drug-likeness (QED) is 0.801. The Morgan fingerprint density at radius 1 is 1.33 bits per heavy atom. The van der Waals surface area contributed by atoms with Crippen molar-refractivity contribution in [3.8, 4) is 0 Å². The Bertz CT molecular complexity index is 498. The van der Waals surface area contributed by atoms with Crippen LogP contribution >= 0.6 is 11.8 Å². The van der Waals surface area contributed by atoms with E-state index in [1.165, 1.54) is 5.56 Å². The Hall–Kier alpha value is -1.36. The molecule has 0 radical (unpaired) electrons. The second-order valence-electron chi connectivity index (χ2n) is 4.11. The summed E-state index contributed by atoms with van der Waals surface area (Å²) in [5, 5.41) is 3.93. The molecule has 2 heterocycles. The van der Waals surface area contributed by atoms with Gasteiger partial charge in [-0.2, -0.15) is 4.98 Å². The lowest BCUT2D eigenvalue weighted by atomic mass is 10.2. The van der Waals surface area contributed by atoms with Crippen LogP contribution < -0.4 is 0 Å². The SMILES string of the molecule is CCCc1noc(CSCc2ncccc2C)n1. The molecule has 96 valence electrons. The average Bonchev–Trinajstić information content (AvgIpc) is 2.80. The normalized spacial score (nSPS) is 10.8. The maximum atomic E-state index is 5.18. The zero-order valence-corrected chi connectivity index (χ0v) is 11.5. The zero-order chi connectivity index (χ0) is 12.8. The lowest BCUT2D eigenvalue weighted by molar-refractivity contribution is 0.384. The first kappa shape index (κ1) is 13.1. The highest BCUT2D eigenvalue weighted by molar-refractivity contribution is 7.97. The summed E-state index contributed by atoms with van der Waals surface area (Å²) < 4.78 is 5.18. The molecule has 5 heteroatoms. The van der Waals surface area contributed by atoms with Crippen LogP contribution in [0.4, 0.5) is 0 Å². The Balaban J connectivity index is 1.83. The summed E-state index contributed by atoms with van der Waals surface area (Å²) in [6.07, 6.45) is 3.75. The molecule has 0 amide bonds. The van der Waals surface area contributed by atoms with Crippen molar-refractivity contribution in [2.75, 3.05) is 0 Å². The fourth-order valence-electron chi connectivity index (χ4n) is 1.58. The van der Waals surface area contributed by atoms with Crippen molar-refractivity contribution in [2.24, 2.45) is 0 Å². The molecule has 2 aromatic rings. The van der Waals surface area contributed by atoms with Crippen molar-refractivity contribution in [2.45, 2.75) is 38.2 Å². The topological polar surface area (TPSA) is 51.8 Å². The monoisotopic (exact) mass is 263 g/mol. The number of thioether (sulfide) groups is 1. The molecule has 0 saturated carbocycles. The first-order chi connectivity index (χ1) is 8.79. The van der Waals surface area contributed by atoms with Crippen LogP contribution in [0.1, 0.15) is 36.3 Å². The predicted octanol–water partition coefficient (Wildman–Crippen LogP) is 3.16. The number of pyridine rings is 1. The van der Waals surface area contributed by atoms with E-state index in [2.05, 4.69) is 35.0 Å². The van der Waals surface area contributed by atoms with Crippen LogP contribution in [0.3, 0.4) is 0 Å². The summed E-state index contributed by atoms with van der Waals surface area (Å²) in [5.74, 6) is 3.13. The fourth-order valence-corrected chi connectivity index (χ4v) is 2.47. The predicted molar refractivity (Wildman–Crippen MR) is 72.3 cm³/mol. The number of rotatable bonds is 6. The second-order valence-corrected chi connectivity index (χ2v) is 5.10. The number of hydrogen-bond acceptors (Lipinski definition) is 5. The van der Waals surface area contributed by atoms with Gasteiger partial charge in [0.1, 0.15) is 0 Å². The minimum absolute atomic E-state index is 0.706. The molecule has 0 bridgehead atoms. The maximum absolute atomic E-state index is 5.18. The molecule has 0 fully saturated rings. The molecular weight excluding hydrogens is 246 g/mol. The molecule has 4 nitrogen and oxygen atoms in total. The summed E-state index contributed by atoms with van der Waals surface area (Å²) in [6, 6.07) is 4.04. The summed E-state index contributed by atoms with van der Waals surface area (Å²) >= 11 is 1.75. The van der Waals surface area contributed by atoms with Gasteiger partial charge in [-0.25, -0.2) is 0 Å². The molecular formula is C13H17N3OS.